The molecule has 2 aromatic carbocycles. The van der Waals surface area contributed by atoms with E-state index in [0.717, 1.165) is 11.1 Å². The molecule has 6 nitrogen and oxygen atoms in total. The lowest BCUT2D eigenvalue weighted by Crippen LogP contribution is -2.12. The Morgan fingerprint density at radius 3 is 2.69 bits per heavy atom. The Morgan fingerprint density at radius 2 is 1.97 bits per heavy atom. The Balaban J connectivity index is 1.50. The first-order valence-electron chi connectivity index (χ1n) is 9.14. The number of benzene rings is 2. The molecule has 2 aromatic heterocycles. The Hall–Kier alpha value is -3.32. The standard InChI is InChI=1S/C22H20N2O4S/c1-13(2)27-16-9-7-14(8-10-16)21(25)24-22-23-17(12-29-22)19-11-15-5-4-6-18(26-3)20(15)28-19/h4-13H,1-3H3,(H,23,24,25). The van der Waals surface area contributed by atoms with Crippen molar-refractivity contribution in [2.45, 2.75) is 20.0 Å². The SMILES string of the molecule is COc1cccc2cc(-c3csc(NC(=O)c4ccc(OC(C)C)cc4)n3)oc12. The van der Waals surface area contributed by atoms with Crippen LogP contribution in [0.15, 0.2) is 58.3 Å². The number of carbonyl (C=O) groups excluding carboxylic acids is 1. The van der Waals surface area contributed by atoms with Crippen molar-refractivity contribution in [1.29, 1.82) is 0 Å². The van der Waals surface area contributed by atoms with E-state index < -0.39 is 0 Å². The minimum absolute atomic E-state index is 0.0848. The summed E-state index contributed by atoms with van der Waals surface area (Å²) in [5.74, 6) is 1.79. The maximum absolute atomic E-state index is 12.5. The second-order valence-corrected chi connectivity index (χ2v) is 7.53. The number of amides is 1. The number of para-hydroxylation sites is 1. The fourth-order valence-corrected chi connectivity index (χ4v) is 3.59. The largest absolute Gasteiger partial charge is 0.493 e. The molecule has 0 radical (unpaired) electrons. The highest BCUT2D eigenvalue weighted by Crippen LogP contribution is 2.34. The summed E-state index contributed by atoms with van der Waals surface area (Å²) in [5.41, 5.74) is 1.86. The van der Waals surface area contributed by atoms with Crippen LogP contribution in [-0.4, -0.2) is 24.1 Å². The molecule has 0 aliphatic rings. The molecule has 1 N–H and O–H groups in total. The third-order valence-electron chi connectivity index (χ3n) is 4.19. The van der Waals surface area contributed by atoms with Crippen LogP contribution in [0.25, 0.3) is 22.4 Å². The van der Waals surface area contributed by atoms with Crippen LogP contribution in [0.2, 0.25) is 0 Å². The number of carbonyl (C=O) groups is 1. The van der Waals surface area contributed by atoms with Gasteiger partial charge >= 0.3 is 0 Å². The molecule has 0 saturated carbocycles. The molecule has 0 bridgehead atoms. The molecule has 4 rings (SSSR count). The van der Waals surface area contributed by atoms with Gasteiger partial charge in [0, 0.05) is 16.3 Å². The number of methoxy groups -OCH3 is 1. The van der Waals surface area contributed by atoms with Gasteiger partial charge in [0.1, 0.15) is 11.4 Å². The van der Waals surface area contributed by atoms with Gasteiger partial charge in [-0.1, -0.05) is 12.1 Å². The molecule has 4 aromatic rings. The summed E-state index contributed by atoms with van der Waals surface area (Å²) in [5, 5.41) is 6.10. The first kappa shape index (κ1) is 19.0. The zero-order valence-corrected chi connectivity index (χ0v) is 17.1. The summed E-state index contributed by atoms with van der Waals surface area (Å²) in [6.07, 6.45) is 0.0848. The third-order valence-corrected chi connectivity index (χ3v) is 4.95. The minimum atomic E-state index is -0.228. The molecular weight excluding hydrogens is 388 g/mol. The molecular formula is C22H20N2O4S. The second-order valence-electron chi connectivity index (χ2n) is 6.67. The van der Waals surface area contributed by atoms with E-state index in [9.17, 15) is 4.79 Å². The van der Waals surface area contributed by atoms with Crippen molar-refractivity contribution >= 4 is 33.3 Å². The summed E-state index contributed by atoms with van der Waals surface area (Å²) in [7, 11) is 1.61. The molecule has 0 saturated heterocycles. The van der Waals surface area contributed by atoms with Gasteiger partial charge in [-0.3, -0.25) is 10.1 Å². The van der Waals surface area contributed by atoms with Crippen LogP contribution in [0.1, 0.15) is 24.2 Å². The predicted molar refractivity (Wildman–Crippen MR) is 114 cm³/mol. The molecule has 7 heteroatoms. The number of anilines is 1. The summed E-state index contributed by atoms with van der Waals surface area (Å²) in [4.78, 5) is 17.0. The Labute approximate surface area is 172 Å². The average Bonchev–Trinajstić information content (AvgIpc) is 3.34. The van der Waals surface area contributed by atoms with E-state index in [0.29, 0.717) is 33.5 Å². The number of rotatable bonds is 6. The molecule has 0 atom stereocenters. The van der Waals surface area contributed by atoms with Gasteiger partial charge < -0.3 is 13.9 Å². The number of aromatic nitrogens is 1. The highest BCUT2D eigenvalue weighted by Gasteiger charge is 2.15. The van der Waals surface area contributed by atoms with Gasteiger partial charge in [-0.05, 0) is 50.2 Å². The van der Waals surface area contributed by atoms with Gasteiger partial charge in [0.25, 0.3) is 5.91 Å². The van der Waals surface area contributed by atoms with Gasteiger partial charge in [0.05, 0.1) is 13.2 Å². The maximum Gasteiger partial charge on any atom is 0.257 e. The highest BCUT2D eigenvalue weighted by molar-refractivity contribution is 7.14. The molecule has 0 aliphatic carbocycles. The quantitative estimate of drug-likeness (QED) is 0.449. The van der Waals surface area contributed by atoms with Crippen molar-refractivity contribution in [1.82, 2.24) is 4.98 Å². The van der Waals surface area contributed by atoms with E-state index in [1.54, 1.807) is 31.4 Å². The van der Waals surface area contributed by atoms with Crippen LogP contribution < -0.4 is 14.8 Å². The molecule has 0 fully saturated rings. The van der Waals surface area contributed by atoms with Crippen molar-refractivity contribution < 1.29 is 18.7 Å². The maximum atomic E-state index is 12.5. The smallest absolute Gasteiger partial charge is 0.257 e. The van der Waals surface area contributed by atoms with E-state index in [2.05, 4.69) is 10.3 Å². The summed E-state index contributed by atoms with van der Waals surface area (Å²) in [6, 6.07) is 14.6. The third kappa shape index (κ3) is 4.09. The molecule has 1 amide bonds. The van der Waals surface area contributed by atoms with Crippen LogP contribution in [0, 0.1) is 0 Å². The number of nitrogens with one attached hydrogen (secondary N) is 1. The van der Waals surface area contributed by atoms with Crippen molar-refractivity contribution in [2.75, 3.05) is 12.4 Å². The molecule has 0 aliphatic heterocycles. The lowest BCUT2D eigenvalue weighted by molar-refractivity contribution is 0.102. The number of nitrogens with zero attached hydrogens (tertiary/aromatic N) is 1. The lowest BCUT2D eigenvalue weighted by Gasteiger charge is -2.09. The monoisotopic (exact) mass is 408 g/mol. The van der Waals surface area contributed by atoms with Gasteiger partial charge in [-0.25, -0.2) is 4.98 Å². The highest BCUT2D eigenvalue weighted by atomic mass is 32.1. The molecule has 29 heavy (non-hydrogen) atoms. The zero-order valence-electron chi connectivity index (χ0n) is 16.3. The molecule has 2 heterocycles. The molecule has 0 spiro atoms. The van der Waals surface area contributed by atoms with Crippen LogP contribution in [0.4, 0.5) is 5.13 Å². The molecule has 148 valence electrons. The summed E-state index contributed by atoms with van der Waals surface area (Å²) < 4.78 is 16.9. The second kappa shape index (κ2) is 7.97. The number of hydrogen-bond acceptors (Lipinski definition) is 6. The van der Waals surface area contributed by atoms with E-state index >= 15 is 0 Å². The van der Waals surface area contributed by atoms with E-state index in [1.807, 2.05) is 43.5 Å². The van der Waals surface area contributed by atoms with E-state index in [1.165, 1.54) is 11.3 Å². The first-order chi connectivity index (χ1) is 14.0. The van der Waals surface area contributed by atoms with Crippen LogP contribution >= 0.6 is 11.3 Å². The normalized spacial score (nSPS) is 11.0. The number of thiazole rings is 1. The predicted octanol–water partition coefficient (Wildman–Crippen LogP) is 5.60. The van der Waals surface area contributed by atoms with Gasteiger partial charge in [-0.15, -0.1) is 11.3 Å². The van der Waals surface area contributed by atoms with Crippen molar-refractivity contribution in [3.63, 3.8) is 0 Å². The van der Waals surface area contributed by atoms with Crippen molar-refractivity contribution in [3.05, 3.63) is 59.5 Å². The number of fused-ring (bicyclic) bond motifs is 1. The van der Waals surface area contributed by atoms with Gasteiger partial charge in [0.2, 0.25) is 0 Å². The number of hydrogen-bond donors (Lipinski definition) is 1. The van der Waals surface area contributed by atoms with Gasteiger partial charge in [-0.2, -0.15) is 0 Å². The number of ether oxygens (including phenoxy) is 2. The summed E-state index contributed by atoms with van der Waals surface area (Å²) >= 11 is 1.34. The fourth-order valence-electron chi connectivity index (χ4n) is 2.89. The topological polar surface area (TPSA) is 73.6 Å². The Kier molecular flexibility index (Phi) is 5.22. The van der Waals surface area contributed by atoms with E-state index in [4.69, 9.17) is 13.9 Å². The first-order valence-corrected chi connectivity index (χ1v) is 10.0. The summed E-state index contributed by atoms with van der Waals surface area (Å²) in [6.45, 7) is 3.91. The van der Waals surface area contributed by atoms with E-state index in [-0.39, 0.29) is 12.0 Å². The van der Waals surface area contributed by atoms with Crippen LogP contribution in [0.3, 0.4) is 0 Å². The van der Waals surface area contributed by atoms with Crippen LogP contribution in [0.5, 0.6) is 11.5 Å². The zero-order chi connectivity index (χ0) is 20.4. The van der Waals surface area contributed by atoms with Crippen molar-refractivity contribution in [2.24, 2.45) is 0 Å². The van der Waals surface area contributed by atoms with Crippen LogP contribution in [-0.2, 0) is 0 Å². The fraction of sp³-hybridized carbons (Fsp3) is 0.182. The minimum Gasteiger partial charge on any atom is -0.493 e. The van der Waals surface area contributed by atoms with Crippen molar-refractivity contribution in [3.8, 4) is 23.0 Å². The Morgan fingerprint density at radius 1 is 1.17 bits per heavy atom. The molecule has 0 unspecified atom stereocenters. The average molecular weight is 408 g/mol. The Bertz CT molecular complexity index is 1150. The lowest BCUT2D eigenvalue weighted by atomic mass is 10.2. The number of furan rings is 1. The van der Waals surface area contributed by atoms with Gasteiger partial charge in [0.15, 0.2) is 22.2 Å².